The predicted molar refractivity (Wildman–Crippen MR) is 42.4 cm³/mol. The van der Waals surface area contributed by atoms with Crippen molar-refractivity contribution in [2.24, 2.45) is 0 Å². The van der Waals surface area contributed by atoms with E-state index < -0.39 is 12.4 Å². The second kappa shape index (κ2) is 5.28. The third-order valence-electron chi connectivity index (χ3n) is 1.73. The van der Waals surface area contributed by atoms with Crippen LogP contribution in [-0.2, 0) is 0 Å². The summed E-state index contributed by atoms with van der Waals surface area (Å²) < 4.78 is 36.8. The monoisotopic (exact) mass is 224 g/mol. The van der Waals surface area contributed by atoms with Gasteiger partial charge in [0.25, 0.3) is 0 Å². The quantitative estimate of drug-likeness (QED) is 0.534. The van der Waals surface area contributed by atoms with Crippen LogP contribution in [0.5, 0.6) is 0 Å². The van der Waals surface area contributed by atoms with E-state index in [2.05, 4.69) is 4.98 Å². The molecular weight excluding hydrogens is 219 g/mol. The first kappa shape index (κ1) is 14.1. The van der Waals surface area contributed by atoms with Crippen molar-refractivity contribution in [2.75, 3.05) is 0 Å². The number of nitrogens with zero attached hydrogens (tertiary/aromatic N) is 2. The molecule has 0 atom stereocenters. The number of halogens is 3. The number of hydrogen-bond donors (Lipinski definition) is 0. The third kappa shape index (κ3) is 3.07. The minimum atomic E-state index is -5.07. The molecule has 0 aliphatic carbocycles. The standard InChI is InChI=1S/C7H5BF3N2.K/c1-5-6(2-12)3-13-4-7(5)8(9,10)11;/h3-4H,1H3;/q-1;+1. The normalized spacial score (nSPS) is 10.2. The molecule has 1 rings (SSSR count). The smallest absolute Gasteiger partial charge is 0.445 e. The molecule has 0 aliphatic rings. The van der Waals surface area contributed by atoms with Gasteiger partial charge in [0.05, 0.1) is 5.56 Å². The zero-order valence-electron chi connectivity index (χ0n) is 7.76. The van der Waals surface area contributed by atoms with Gasteiger partial charge in [0.15, 0.2) is 0 Å². The molecule has 2 nitrogen and oxygen atoms in total. The summed E-state index contributed by atoms with van der Waals surface area (Å²) in [6.07, 6.45) is 1.87. The SMILES string of the molecule is Cc1c(C#N)cncc1[B-](F)(F)F.[K+]. The molecule has 14 heavy (non-hydrogen) atoms. The molecule has 0 saturated carbocycles. The maximum atomic E-state index is 12.3. The number of aromatic nitrogens is 1. The molecule has 0 aliphatic heterocycles. The van der Waals surface area contributed by atoms with Crippen LogP contribution in [0.3, 0.4) is 0 Å². The van der Waals surface area contributed by atoms with Gasteiger partial charge in [0.1, 0.15) is 6.07 Å². The van der Waals surface area contributed by atoms with Crippen molar-refractivity contribution in [2.45, 2.75) is 6.92 Å². The Labute approximate surface area is 122 Å². The third-order valence-corrected chi connectivity index (χ3v) is 1.73. The Morgan fingerprint density at radius 3 is 2.36 bits per heavy atom. The first-order valence-electron chi connectivity index (χ1n) is 3.51. The first-order chi connectivity index (χ1) is 5.96. The molecule has 0 aromatic carbocycles. The maximum Gasteiger partial charge on any atom is 1.00 e. The fraction of sp³-hybridized carbons (Fsp3) is 0.143. The van der Waals surface area contributed by atoms with E-state index in [-0.39, 0.29) is 62.5 Å². The molecule has 0 N–H and O–H groups in total. The van der Waals surface area contributed by atoms with E-state index in [9.17, 15) is 12.9 Å². The molecule has 1 aromatic rings. The van der Waals surface area contributed by atoms with Crippen molar-refractivity contribution in [1.29, 1.82) is 5.26 Å². The molecule has 0 bridgehead atoms. The topological polar surface area (TPSA) is 36.7 Å². The summed E-state index contributed by atoms with van der Waals surface area (Å²) in [7, 11) is 0. The van der Waals surface area contributed by atoms with E-state index in [0.29, 0.717) is 0 Å². The molecule has 0 unspecified atom stereocenters. The molecule has 68 valence electrons. The molecule has 1 aromatic heterocycles. The Kier molecular flexibility index (Phi) is 5.33. The summed E-state index contributed by atoms with van der Waals surface area (Å²) in [5.41, 5.74) is -0.874. The van der Waals surface area contributed by atoms with Crippen LogP contribution >= 0.6 is 0 Å². The van der Waals surface area contributed by atoms with Gasteiger partial charge in [-0.05, 0) is 6.92 Å². The number of hydrogen-bond acceptors (Lipinski definition) is 2. The average Bonchev–Trinajstić information content (AvgIpc) is 2.02. The Morgan fingerprint density at radius 2 is 1.93 bits per heavy atom. The van der Waals surface area contributed by atoms with E-state index in [4.69, 9.17) is 5.26 Å². The second-order valence-electron chi connectivity index (χ2n) is 2.59. The van der Waals surface area contributed by atoms with E-state index >= 15 is 0 Å². The van der Waals surface area contributed by atoms with Gasteiger partial charge in [-0.15, -0.1) is 0 Å². The number of nitriles is 1. The molecule has 7 heteroatoms. The van der Waals surface area contributed by atoms with Crippen molar-refractivity contribution in [3.63, 3.8) is 0 Å². The number of rotatable bonds is 1. The fourth-order valence-electron chi connectivity index (χ4n) is 0.984. The van der Waals surface area contributed by atoms with Crippen molar-refractivity contribution in [3.8, 4) is 6.07 Å². The minimum absolute atomic E-state index is 0. The molecular formula is C7H5BF3KN2. The predicted octanol–water partition coefficient (Wildman–Crippen LogP) is -1.68. The van der Waals surface area contributed by atoms with E-state index in [1.807, 2.05) is 0 Å². The average molecular weight is 224 g/mol. The van der Waals surface area contributed by atoms with Crippen molar-refractivity contribution in [1.82, 2.24) is 4.98 Å². The van der Waals surface area contributed by atoms with Crippen LogP contribution in [0.1, 0.15) is 11.1 Å². The van der Waals surface area contributed by atoms with Gasteiger partial charge in [0, 0.05) is 12.4 Å². The van der Waals surface area contributed by atoms with Crippen LogP contribution in [0.25, 0.3) is 0 Å². The first-order valence-corrected chi connectivity index (χ1v) is 3.51. The molecule has 0 amide bonds. The van der Waals surface area contributed by atoms with Gasteiger partial charge in [-0.2, -0.15) is 5.26 Å². The summed E-state index contributed by atoms with van der Waals surface area (Å²) in [4.78, 5) is 3.36. The van der Waals surface area contributed by atoms with Crippen molar-refractivity contribution in [3.05, 3.63) is 23.5 Å². The van der Waals surface area contributed by atoms with Crippen molar-refractivity contribution >= 4 is 12.4 Å². The van der Waals surface area contributed by atoms with Crippen LogP contribution in [0.2, 0.25) is 0 Å². The molecule has 0 radical (unpaired) electrons. The molecule has 0 spiro atoms. The van der Waals surface area contributed by atoms with E-state index in [1.54, 1.807) is 6.07 Å². The molecule has 1 heterocycles. The van der Waals surface area contributed by atoms with Crippen LogP contribution in [0, 0.1) is 18.3 Å². The van der Waals surface area contributed by atoms with Crippen LogP contribution < -0.4 is 56.8 Å². The van der Waals surface area contributed by atoms with Crippen molar-refractivity contribution < 1.29 is 64.3 Å². The summed E-state index contributed by atoms with van der Waals surface area (Å²) >= 11 is 0. The van der Waals surface area contributed by atoms with Gasteiger partial charge >= 0.3 is 58.4 Å². The fourth-order valence-corrected chi connectivity index (χ4v) is 0.984. The van der Waals surface area contributed by atoms with E-state index in [1.165, 1.54) is 6.92 Å². The van der Waals surface area contributed by atoms with Gasteiger partial charge in [-0.1, -0.05) is 11.0 Å². The van der Waals surface area contributed by atoms with E-state index in [0.717, 1.165) is 12.4 Å². The Morgan fingerprint density at radius 1 is 1.36 bits per heavy atom. The van der Waals surface area contributed by atoms with Crippen LogP contribution in [0.15, 0.2) is 12.4 Å². The molecule has 0 fully saturated rings. The Hall–Kier alpha value is 0.131. The van der Waals surface area contributed by atoms with Crippen LogP contribution in [-0.4, -0.2) is 12.0 Å². The van der Waals surface area contributed by atoms with Gasteiger partial charge in [0.2, 0.25) is 0 Å². The maximum absolute atomic E-state index is 12.3. The Bertz CT molecular complexity index is 372. The van der Waals surface area contributed by atoms with Gasteiger partial charge in [-0.3, -0.25) is 4.98 Å². The summed E-state index contributed by atoms with van der Waals surface area (Å²) in [6, 6.07) is 1.66. The van der Waals surface area contributed by atoms with Gasteiger partial charge < -0.3 is 12.9 Å². The summed E-state index contributed by atoms with van der Waals surface area (Å²) in [6.45, 7) is -3.80. The largest absolute Gasteiger partial charge is 1.00 e. The van der Waals surface area contributed by atoms with Crippen LogP contribution in [0.4, 0.5) is 12.9 Å². The zero-order valence-corrected chi connectivity index (χ0v) is 10.9. The minimum Gasteiger partial charge on any atom is -0.445 e. The number of pyridine rings is 1. The second-order valence-corrected chi connectivity index (χ2v) is 2.59. The zero-order chi connectivity index (χ0) is 10.1. The molecule has 0 saturated heterocycles. The Balaban J connectivity index is 0.00000169. The van der Waals surface area contributed by atoms with Gasteiger partial charge in [-0.25, -0.2) is 0 Å². The summed E-state index contributed by atoms with van der Waals surface area (Å²) in [5, 5.41) is 8.46. The summed E-state index contributed by atoms with van der Waals surface area (Å²) in [5.74, 6) is 0.